The smallest absolute Gasteiger partial charge is 0.319 e. The van der Waals surface area contributed by atoms with Crippen LogP contribution in [0.3, 0.4) is 0 Å². The van der Waals surface area contributed by atoms with Crippen molar-refractivity contribution >= 4 is 34.7 Å². The molecule has 9 heteroatoms. The maximum atomic E-state index is 11.2. The molecule has 2 aromatic heterocycles. The Balaban J connectivity index is 2.81. The number of hydrogen-bond donors (Lipinski definition) is 1. The highest BCUT2D eigenvalue weighted by Gasteiger charge is 2.25. The summed E-state index contributed by atoms with van der Waals surface area (Å²) in [6, 6.07) is 2.79. The van der Waals surface area contributed by atoms with E-state index < -0.39 is 4.92 Å². The van der Waals surface area contributed by atoms with Crippen LogP contribution in [-0.2, 0) is 0 Å². The van der Waals surface area contributed by atoms with Gasteiger partial charge in [-0.1, -0.05) is 23.2 Å². The molecule has 0 unspecified atom stereocenters. The molecular formula is C11H8Cl2N4O3. The lowest BCUT2D eigenvalue weighted by molar-refractivity contribution is -0.383. The summed E-state index contributed by atoms with van der Waals surface area (Å²) in [7, 11) is 1.39. The van der Waals surface area contributed by atoms with Gasteiger partial charge in [0.2, 0.25) is 11.7 Å². The number of nitrogens with zero attached hydrogens (tertiary/aromatic N) is 3. The minimum Gasteiger partial charge on any atom is -0.481 e. The maximum Gasteiger partial charge on any atom is 0.319 e. The van der Waals surface area contributed by atoms with E-state index in [0.29, 0.717) is 10.6 Å². The molecule has 2 aromatic rings. The summed E-state index contributed by atoms with van der Waals surface area (Å²) in [6.07, 6.45) is 1.36. The quantitative estimate of drug-likeness (QED) is 0.530. The third kappa shape index (κ3) is 2.59. The number of hydrogen-bond acceptors (Lipinski definition) is 6. The van der Waals surface area contributed by atoms with Crippen LogP contribution >= 0.6 is 23.2 Å². The Morgan fingerprint density at radius 2 is 2.05 bits per heavy atom. The fourth-order valence-corrected chi connectivity index (χ4v) is 2.06. The molecule has 0 saturated heterocycles. The average molecular weight is 315 g/mol. The first-order valence-corrected chi connectivity index (χ1v) is 6.00. The lowest BCUT2D eigenvalue weighted by Gasteiger charge is -2.09. The van der Waals surface area contributed by atoms with Gasteiger partial charge in [-0.2, -0.15) is 0 Å². The molecule has 2 heterocycles. The first-order valence-electron chi connectivity index (χ1n) is 5.24. The fourth-order valence-electron chi connectivity index (χ4n) is 1.71. The Morgan fingerprint density at radius 1 is 1.35 bits per heavy atom. The van der Waals surface area contributed by atoms with Crippen molar-refractivity contribution in [3.05, 3.63) is 38.6 Å². The van der Waals surface area contributed by atoms with Crippen LogP contribution in [0.5, 0.6) is 5.88 Å². The normalized spacial score (nSPS) is 10.3. The Morgan fingerprint density at radius 3 is 2.65 bits per heavy atom. The minimum absolute atomic E-state index is 0.0186. The van der Waals surface area contributed by atoms with Crippen molar-refractivity contribution in [2.45, 2.75) is 0 Å². The van der Waals surface area contributed by atoms with Crippen molar-refractivity contribution in [3.63, 3.8) is 0 Å². The van der Waals surface area contributed by atoms with Gasteiger partial charge in [-0.3, -0.25) is 10.1 Å². The molecule has 2 rings (SSSR count). The Kier molecular flexibility index (Phi) is 3.91. The van der Waals surface area contributed by atoms with E-state index >= 15 is 0 Å². The van der Waals surface area contributed by atoms with E-state index in [9.17, 15) is 10.1 Å². The lowest BCUT2D eigenvalue weighted by atomic mass is 10.1. The summed E-state index contributed by atoms with van der Waals surface area (Å²) in [5, 5.41) is 11.5. The second-order valence-electron chi connectivity index (χ2n) is 3.69. The largest absolute Gasteiger partial charge is 0.481 e. The van der Waals surface area contributed by atoms with Gasteiger partial charge < -0.3 is 10.5 Å². The van der Waals surface area contributed by atoms with E-state index in [1.54, 1.807) is 0 Å². The van der Waals surface area contributed by atoms with Crippen molar-refractivity contribution in [2.24, 2.45) is 0 Å². The number of ether oxygens (including phenoxy) is 1. The maximum absolute atomic E-state index is 11.2. The molecule has 0 amide bonds. The van der Waals surface area contributed by atoms with Crippen LogP contribution in [0.4, 0.5) is 11.5 Å². The van der Waals surface area contributed by atoms with Crippen LogP contribution < -0.4 is 10.5 Å². The number of nitro groups is 1. The fraction of sp³-hybridized carbons (Fsp3) is 0.0909. The van der Waals surface area contributed by atoms with Crippen LogP contribution in [0.1, 0.15) is 0 Å². The summed E-state index contributed by atoms with van der Waals surface area (Å²) in [6.45, 7) is 0. The van der Waals surface area contributed by atoms with Gasteiger partial charge in [0.25, 0.3) is 0 Å². The van der Waals surface area contributed by atoms with Crippen LogP contribution in [0.25, 0.3) is 11.1 Å². The molecule has 0 bridgehead atoms. The predicted molar refractivity (Wildman–Crippen MR) is 75.1 cm³/mol. The molecule has 104 valence electrons. The van der Waals surface area contributed by atoms with E-state index in [2.05, 4.69) is 9.97 Å². The second-order valence-corrected chi connectivity index (χ2v) is 4.52. The van der Waals surface area contributed by atoms with Crippen molar-refractivity contribution in [1.29, 1.82) is 0 Å². The van der Waals surface area contributed by atoms with E-state index in [4.69, 9.17) is 33.7 Å². The summed E-state index contributed by atoms with van der Waals surface area (Å²) >= 11 is 11.7. The number of rotatable bonds is 3. The van der Waals surface area contributed by atoms with Crippen molar-refractivity contribution in [1.82, 2.24) is 9.97 Å². The van der Waals surface area contributed by atoms with Gasteiger partial charge >= 0.3 is 5.69 Å². The zero-order valence-corrected chi connectivity index (χ0v) is 11.6. The lowest BCUT2D eigenvalue weighted by Crippen LogP contribution is -2.02. The van der Waals surface area contributed by atoms with Gasteiger partial charge in [-0.25, -0.2) is 9.97 Å². The van der Waals surface area contributed by atoms with Crippen molar-refractivity contribution in [2.75, 3.05) is 12.8 Å². The molecule has 2 N–H and O–H groups in total. The van der Waals surface area contributed by atoms with E-state index in [1.807, 2.05) is 0 Å². The molecule has 0 aliphatic rings. The van der Waals surface area contributed by atoms with Gasteiger partial charge in [-0.15, -0.1) is 0 Å². The molecule has 0 aromatic carbocycles. The molecule has 0 saturated carbocycles. The molecule has 7 nitrogen and oxygen atoms in total. The number of nitrogens with two attached hydrogens (primary N) is 1. The minimum atomic E-state index is -0.645. The van der Waals surface area contributed by atoms with Gasteiger partial charge in [-0.05, 0) is 12.1 Å². The summed E-state index contributed by atoms with van der Waals surface area (Å²) in [4.78, 5) is 18.1. The summed E-state index contributed by atoms with van der Waals surface area (Å²) < 4.78 is 5.07. The third-order valence-corrected chi connectivity index (χ3v) is 2.87. The SMILES string of the molecule is COc1ncc(Cl)cc1-c1cc(Cl)nc(N)c1[N+](=O)[O-]. The van der Waals surface area contributed by atoms with E-state index in [-0.39, 0.29) is 28.1 Å². The Hall–Kier alpha value is -2.12. The van der Waals surface area contributed by atoms with Crippen LogP contribution in [-0.4, -0.2) is 22.0 Å². The molecule has 0 atom stereocenters. The van der Waals surface area contributed by atoms with Gasteiger partial charge in [0.05, 0.1) is 28.2 Å². The average Bonchev–Trinajstić information content (AvgIpc) is 2.37. The zero-order valence-electron chi connectivity index (χ0n) is 10.1. The molecular weight excluding hydrogens is 307 g/mol. The zero-order chi connectivity index (χ0) is 14.9. The number of halogens is 2. The molecule has 0 radical (unpaired) electrons. The predicted octanol–water partition coefficient (Wildman–Crippen LogP) is 2.95. The highest BCUT2D eigenvalue weighted by Crippen LogP contribution is 2.39. The van der Waals surface area contributed by atoms with Crippen LogP contribution in [0.15, 0.2) is 18.3 Å². The van der Waals surface area contributed by atoms with Gasteiger partial charge in [0, 0.05) is 6.20 Å². The van der Waals surface area contributed by atoms with E-state index in [1.165, 1.54) is 25.4 Å². The number of anilines is 1. The first-order chi connectivity index (χ1) is 9.43. The highest BCUT2D eigenvalue weighted by molar-refractivity contribution is 6.31. The monoisotopic (exact) mass is 314 g/mol. The van der Waals surface area contributed by atoms with Gasteiger partial charge in [0.15, 0.2) is 0 Å². The van der Waals surface area contributed by atoms with Gasteiger partial charge in [0.1, 0.15) is 5.15 Å². The Bertz CT molecular complexity index is 694. The Labute approximate surface area is 123 Å². The number of nitrogen functional groups attached to an aromatic ring is 1. The van der Waals surface area contributed by atoms with Crippen molar-refractivity contribution < 1.29 is 9.66 Å². The first kappa shape index (κ1) is 14.3. The second kappa shape index (κ2) is 5.48. The molecule has 0 aliphatic heterocycles. The number of aromatic nitrogens is 2. The number of pyridine rings is 2. The van der Waals surface area contributed by atoms with Crippen LogP contribution in [0.2, 0.25) is 10.2 Å². The summed E-state index contributed by atoms with van der Waals surface area (Å²) in [5.74, 6) is -0.126. The highest BCUT2D eigenvalue weighted by atomic mass is 35.5. The van der Waals surface area contributed by atoms with Crippen LogP contribution in [0, 0.1) is 10.1 Å². The molecule has 0 spiro atoms. The summed E-state index contributed by atoms with van der Waals surface area (Å²) in [5.41, 5.74) is 5.63. The van der Waals surface area contributed by atoms with E-state index in [0.717, 1.165) is 0 Å². The molecule has 0 aliphatic carbocycles. The molecule has 0 fully saturated rings. The topological polar surface area (TPSA) is 104 Å². The third-order valence-electron chi connectivity index (χ3n) is 2.47. The standard InChI is InChI=1S/C11H8Cl2N4O3/c1-20-11-7(2-5(12)4-15-11)6-3-8(13)16-10(14)9(6)17(18)19/h2-4H,1H3,(H2,14,16). The molecule has 20 heavy (non-hydrogen) atoms. The number of methoxy groups -OCH3 is 1. The van der Waals surface area contributed by atoms with Crippen molar-refractivity contribution in [3.8, 4) is 17.0 Å².